The highest BCUT2D eigenvalue weighted by Crippen LogP contribution is 2.30. The minimum absolute atomic E-state index is 0.0520. The fourth-order valence-corrected chi connectivity index (χ4v) is 2.20. The number of rotatable bonds is 4. The molecule has 128 valence electrons. The highest BCUT2D eigenvalue weighted by molar-refractivity contribution is 6.23. The van der Waals surface area contributed by atoms with Gasteiger partial charge >= 0.3 is 6.09 Å². The smallest absolute Gasteiger partial charge is 0.416 e. The fraction of sp³-hybridized carbons (Fsp3) is 0.500. The molecule has 8 heteroatoms. The molecule has 1 saturated carbocycles. The zero-order chi connectivity index (χ0) is 18.1. The number of carbonyl (C=O) groups excluding carboxylic acids is 2. The molecule has 0 saturated heterocycles. The van der Waals surface area contributed by atoms with E-state index in [2.05, 4.69) is 4.98 Å². The van der Waals surface area contributed by atoms with Crippen LogP contribution in [-0.2, 0) is 4.74 Å². The normalized spacial score (nSPS) is 15.1. The van der Waals surface area contributed by atoms with Crippen LogP contribution in [0.3, 0.4) is 0 Å². The number of nitrogens with one attached hydrogen (secondary N) is 1. The first-order valence-electron chi connectivity index (χ1n) is 7.92. The number of amides is 1. The SMILES string of the molecule is B/C(C)=C/n1c(C=O)cnc1C(=N)N(C(=O)OC(C)(C)C)C1CC1. The average molecular weight is 330 g/mol. The van der Waals surface area contributed by atoms with Gasteiger partial charge in [-0.25, -0.2) is 9.78 Å². The van der Waals surface area contributed by atoms with Gasteiger partial charge in [0.15, 0.2) is 17.9 Å². The van der Waals surface area contributed by atoms with Gasteiger partial charge in [-0.1, -0.05) is 12.4 Å². The molecule has 0 aliphatic heterocycles. The first-order chi connectivity index (χ1) is 11.1. The number of hydrogen-bond acceptors (Lipinski definition) is 5. The molecule has 1 heterocycles. The Morgan fingerprint density at radius 3 is 2.58 bits per heavy atom. The van der Waals surface area contributed by atoms with Crippen LogP contribution in [-0.4, -0.2) is 52.2 Å². The van der Waals surface area contributed by atoms with Crippen molar-refractivity contribution in [2.24, 2.45) is 0 Å². The van der Waals surface area contributed by atoms with E-state index in [-0.39, 0.29) is 17.7 Å². The van der Waals surface area contributed by atoms with Crippen LogP contribution in [0.1, 0.15) is 56.8 Å². The Morgan fingerprint density at radius 1 is 1.50 bits per heavy atom. The molecule has 1 aromatic rings. The Balaban J connectivity index is 2.38. The maximum Gasteiger partial charge on any atom is 0.416 e. The number of allylic oxidation sites excluding steroid dienone is 1. The third-order valence-corrected chi connectivity index (χ3v) is 3.29. The monoisotopic (exact) mass is 330 g/mol. The van der Waals surface area contributed by atoms with Crippen LogP contribution in [0.2, 0.25) is 0 Å². The van der Waals surface area contributed by atoms with Crippen molar-refractivity contribution in [3.63, 3.8) is 0 Å². The van der Waals surface area contributed by atoms with E-state index < -0.39 is 11.7 Å². The molecule has 0 bridgehead atoms. The van der Waals surface area contributed by atoms with Gasteiger partial charge in [-0.05, 0) is 33.6 Å². The number of aldehydes is 1. The number of carbonyl (C=O) groups is 2. The summed E-state index contributed by atoms with van der Waals surface area (Å²) in [6, 6.07) is -0.0520. The minimum Gasteiger partial charge on any atom is -0.443 e. The molecule has 0 aromatic carbocycles. The predicted octanol–water partition coefficient (Wildman–Crippen LogP) is 1.87. The van der Waals surface area contributed by atoms with Gasteiger partial charge in [0.25, 0.3) is 0 Å². The van der Waals surface area contributed by atoms with Crippen molar-refractivity contribution in [1.82, 2.24) is 14.5 Å². The molecule has 0 atom stereocenters. The van der Waals surface area contributed by atoms with E-state index in [1.165, 1.54) is 15.7 Å². The van der Waals surface area contributed by atoms with Gasteiger partial charge in [-0.3, -0.25) is 19.7 Å². The van der Waals surface area contributed by atoms with E-state index in [0.29, 0.717) is 12.0 Å². The first kappa shape index (κ1) is 18.0. The van der Waals surface area contributed by atoms with Crippen LogP contribution in [0.4, 0.5) is 4.79 Å². The van der Waals surface area contributed by atoms with Gasteiger partial charge in [0.2, 0.25) is 0 Å². The Hall–Kier alpha value is -2.38. The van der Waals surface area contributed by atoms with Crippen LogP contribution in [0.25, 0.3) is 6.20 Å². The Kier molecular flexibility index (Phi) is 4.96. The lowest BCUT2D eigenvalue weighted by Gasteiger charge is -2.27. The van der Waals surface area contributed by atoms with Crippen molar-refractivity contribution in [3.05, 3.63) is 23.2 Å². The number of hydrogen-bond donors (Lipinski definition) is 1. The molecule has 24 heavy (non-hydrogen) atoms. The second-order valence-electron chi connectivity index (χ2n) is 7.13. The molecule has 1 aromatic heterocycles. The quantitative estimate of drug-likeness (QED) is 0.395. The highest BCUT2D eigenvalue weighted by atomic mass is 16.6. The van der Waals surface area contributed by atoms with Crippen molar-refractivity contribution in [3.8, 4) is 0 Å². The van der Waals surface area contributed by atoms with E-state index in [1.807, 2.05) is 14.8 Å². The molecule has 1 aliphatic rings. The van der Waals surface area contributed by atoms with Crippen LogP contribution in [0.5, 0.6) is 0 Å². The lowest BCUT2D eigenvalue weighted by Crippen LogP contribution is -2.43. The minimum atomic E-state index is -0.645. The average Bonchev–Trinajstić information content (AvgIpc) is 3.17. The third kappa shape index (κ3) is 4.12. The Bertz CT molecular complexity index is 695. The summed E-state index contributed by atoms with van der Waals surface area (Å²) in [6.07, 6.45) is 4.89. The summed E-state index contributed by atoms with van der Waals surface area (Å²) in [4.78, 5) is 29.2. The number of ether oxygens (including phenoxy) is 1. The van der Waals surface area contributed by atoms with E-state index >= 15 is 0 Å². The summed E-state index contributed by atoms with van der Waals surface area (Å²) < 4.78 is 6.95. The van der Waals surface area contributed by atoms with Crippen LogP contribution < -0.4 is 0 Å². The van der Waals surface area contributed by atoms with Gasteiger partial charge in [-0.15, -0.1) is 0 Å². The van der Waals surface area contributed by atoms with E-state index in [4.69, 9.17) is 10.1 Å². The third-order valence-electron chi connectivity index (χ3n) is 3.29. The van der Waals surface area contributed by atoms with Gasteiger partial charge in [-0.2, -0.15) is 0 Å². The summed E-state index contributed by atoms with van der Waals surface area (Å²) in [7, 11) is 1.88. The topological polar surface area (TPSA) is 88.3 Å². The van der Waals surface area contributed by atoms with Crippen LogP contribution in [0, 0.1) is 5.41 Å². The Morgan fingerprint density at radius 2 is 2.12 bits per heavy atom. The van der Waals surface area contributed by atoms with Crippen molar-refractivity contribution >= 4 is 32.3 Å². The highest BCUT2D eigenvalue weighted by Gasteiger charge is 2.39. The van der Waals surface area contributed by atoms with Crippen molar-refractivity contribution in [1.29, 1.82) is 5.41 Å². The molecule has 1 fully saturated rings. The van der Waals surface area contributed by atoms with Crippen molar-refractivity contribution in [2.75, 3.05) is 0 Å². The summed E-state index contributed by atoms with van der Waals surface area (Å²) >= 11 is 0. The molecule has 1 N–H and O–H groups in total. The molecule has 0 radical (unpaired) electrons. The molecule has 2 rings (SSSR count). The summed E-state index contributed by atoms with van der Waals surface area (Å²) in [5.74, 6) is 0.188. The molecule has 0 unspecified atom stereocenters. The van der Waals surface area contributed by atoms with Gasteiger partial charge in [0, 0.05) is 12.2 Å². The van der Waals surface area contributed by atoms with Crippen molar-refractivity contribution < 1.29 is 14.3 Å². The number of imidazole rings is 1. The Labute approximate surface area is 142 Å². The maximum absolute atomic E-state index is 12.5. The fourth-order valence-electron chi connectivity index (χ4n) is 2.20. The van der Waals surface area contributed by atoms with Gasteiger partial charge in [0.05, 0.1) is 6.20 Å². The number of amidine groups is 1. The second-order valence-corrected chi connectivity index (χ2v) is 7.13. The number of nitrogens with zero attached hydrogens (tertiary/aromatic N) is 3. The summed E-state index contributed by atoms with van der Waals surface area (Å²) in [5.41, 5.74) is 0.629. The molecule has 0 spiro atoms. The summed E-state index contributed by atoms with van der Waals surface area (Å²) in [6.45, 7) is 7.24. The molecule has 1 amide bonds. The summed E-state index contributed by atoms with van der Waals surface area (Å²) in [5, 5.41) is 8.47. The molecular formula is C16H23BN4O3. The largest absolute Gasteiger partial charge is 0.443 e. The molecule has 7 nitrogen and oxygen atoms in total. The molecular weight excluding hydrogens is 307 g/mol. The second kappa shape index (κ2) is 6.63. The molecule has 1 aliphatic carbocycles. The predicted molar refractivity (Wildman–Crippen MR) is 94.0 cm³/mol. The van der Waals surface area contributed by atoms with E-state index in [9.17, 15) is 9.59 Å². The van der Waals surface area contributed by atoms with Crippen molar-refractivity contribution in [2.45, 2.75) is 52.2 Å². The lowest BCUT2D eigenvalue weighted by molar-refractivity contribution is 0.0358. The zero-order valence-electron chi connectivity index (χ0n) is 14.8. The van der Waals surface area contributed by atoms with Gasteiger partial charge in [0.1, 0.15) is 19.1 Å². The van der Waals surface area contributed by atoms with Crippen LogP contribution in [0.15, 0.2) is 11.7 Å². The lowest BCUT2D eigenvalue weighted by atomic mass is 10.00. The maximum atomic E-state index is 12.5. The van der Waals surface area contributed by atoms with E-state index in [0.717, 1.165) is 18.3 Å². The van der Waals surface area contributed by atoms with E-state index in [1.54, 1.807) is 27.0 Å². The standard InChI is InChI=1S/C16H23BN4O3/c1-10(17)8-20-12(9-22)7-19-14(20)13(18)21(11-5-6-11)15(23)24-16(2,3)4/h7-9,11,18H,5-6,17H2,1-4H3/b10-8+,18-13?. The van der Waals surface area contributed by atoms with Gasteiger partial charge < -0.3 is 4.74 Å². The van der Waals surface area contributed by atoms with Crippen LogP contribution >= 0.6 is 0 Å². The number of aromatic nitrogens is 2. The zero-order valence-corrected chi connectivity index (χ0v) is 14.8. The first-order valence-corrected chi connectivity index (χ1v) is 7.92.